The molecule has 2 aromatic heterocycles. The number of hydrogen-bond donors (Lipinski definition) is 1. The van der Waals surface area contributed by atoms with Crippen LogP contribution < -0.4 is 4.74 Å². The lowest BCUT2D eigenvalue weighted by atomic mass is 10.1. The Morgan fingerprint density at radius 3 is 2.61 bits per heavy atom. The van der Waals surface area contributed by atoms with Crippen LogP contribution in [0, 0.1) is 4.77 Å². The molecule has 0 spiro atoms. The molecular weight excluding hydrogens is 244 g/mol. The van der Waals surface area contributed by atoms with Gasteiger partial charge in [0, 0.05) is 11.8 Å². The fourth-order valence-electron chi connectivity index (χ4n) is 2.03. The number of fused-ring (bicyclic) bond motifs is 1. The van der Waals surface area contributed by atoms with E-state index >= 15 is 0 Å². The van der Waals surface area contributed by atoms with Crippen molar-refractivity contribution in [2.75, 3.05) is 7.11 Å². The van der Waals surface area contributed by atoms with Crippen LogP contribution in [0.25, 0.3) is 16.8 Å². The maximum atomic E-state index is 5.31. The first-order chi connectivity index (χ1) is 8.79. The van der Waals surface area contributed by atoms with Crippen LogP contribution in [-0.2, 0) is 0 Å². The largest absolute Gasteiger partial charge is 0.497 e. The smallest absolute Gasteiger partial charge is 0.182 e. The zero-order chi connectivity index (χ0) is 12.5. The molecule has 3 nitrogen and oxygen atoms in total. The summed E-state index contributed by atoms with van der Waals surface area (Å²) >= 11 is 5.31. The summed E-state index contributed by atoms with van der Waals surface area (Å²) in [5, 5.41) is 0. The van der Waals surface area contributed by atoms with Gasteiger partial charge in [0.1, 0.15) is 5.75 Å². The number of aromatic amines is 1. The zero-order valence-corrected chi connectivity index (χ0v) is 10.7. The first kappa shape index (κ1) is 11.0. The number of aromatic nitrogens is 2. The minimum absolute atomic E-state index is 0.705. The molecule has 1 N–H and O–H groups in total. The molecule has 0 aliphatic rings. The molecule has 0 aliphatic carbocycles. The van der Waals surface area contributed by atoms with Crippen molar-refractivity contribution >= 4 is 17.7 Å². The van der Waals surface area contributed by atoms with E-state index in [1.807, 2.05) is 53.1 Å². The summed E-state index contributed by atoms with van der Waals surface area (Å²) in [6.45, 7) is 0. The summed E-state index contributed by atoms with van der Waals surface area (Å²) < 4.78 is 7.83. The van der Waals surface area contributed by atoms with Crippen molar-refractivity contribution in [3.63, 3.8) is 0 Å². The Morgan fingerprint density at radius 1 is 1.11 bits per heavy atom. The first-order valence-electron chi connectivity index (χ1n) is 5.63. The van der Waals surface area contributed by atoms with Crippen LogP contribution in [-0.4, -0.2) is 16.5 Å². The third-order valence-corrected chi connectivity index (χ3v) is 3.24. The maximum absolute atomic E-state index is 5.31. The Bertz CT molecular complexity index is 740. The lowest BCUT2D eigenvalue weighted by Gasteiger charge is -2.02. The number of pyridine rings is 1. The number of H-pyrrole nitrogens is 1. The summed E-state index contributed by atoms with van der Waals surface area (Å²) in [5.41, 5.74) is 3.20. The lowest BCUT2D eigenvalue weighted by Crippen LogP contribution is -1.84. The van der Waals surface area contributed by atoms with Crippen LogP contribution in [0.2, 0.25) is 0 Å². The summed E-state index contributed by atoms with van der Waals surface area (Å²) in [5.74, 6) is 0.848. The van der Waals surface area contributed by atoms with Crippen LogP contribution in [0.5, 0.6) is 5.75 Å². The van der Waals surface area contributed by atoms with Crippen molar-refractivity contribution in [2.24, 2.45) is 0 Å². The predicted octanol–water partition coefficient (Wildman–Crippen LogP) is 3.67. The second kappa shape index (κ2) is 4.31. The highest BCUT2D eigenvalue weighted by Crippen LogP contribution is 2.25. The normalized spacial score (nSPS) is 10.7. The number of benzene rings is 1. The quantitative estimate of drug-likeness (QED) is 0.709. The van der Waals surface area contributed by atoms with E-state index in [0.29, 0.717) is 4.77 Å². The average Bonchev–Trinajstić information content (AvgIpc) is 2.77. The molecule has 0 saturated heterocycles. The summed E-state index contributed by atoms with van der Waals surface area (Å²) in [7, 11) is 1.66. The van der Waals surface area contributed by atoms with Crippen molar-refractivity contribution in [1.29, 1.82) is 0 Å². The third-order valence-electron chi connectivity index (χ3n) is 2.95. The molecular formula is C14H12N2OS. The SMILES string of the molecule is COc1ccc(-c2[nH]c(=S)n3ccccc23)cc1. The van der Waals surface area contributed by atoms with E-state index in [0.717, 1.165) is 22.5 Å². The van der Waals surface area contributed by atoms with Gasteiger partial charge in [-0.05, 0) is 48.6 Å². The minimum Gasteiger partial charge on any atom is -0.497 e. The van der Waals surface area contributed by atoms with Gasteiger partial charge in [-0.25, -0.2) is 0 Å². The molecule has 4 heteroatoms. The molecule has 3 rings (SSSR count). The molecule has 3 aromatic rings. The van der Waals surface area contributed by atoms with Gasteiger partial charge in [0.2, 0.25) is 0 Å². The molecule has 0 atom stereocenters. The van der Waals surface area contributed by atoms with Gasteiger partial charge in [0.05, 0.1) is 18.3 Å². The van der Waals surface area contributed by atoms with Gasteiger partial charge in [-0.3, -0.25) is 4.40 Å². The fraction of sp³-hybridized carbons (Fsp3) is 0.0714. The van der Waals surface area contributed by atoms with E-state index in [2.05, 4.69) is 4.98 Å². The van der Waals surface area contributed by atoms with Crippen molar-refractivity contribution in [2.45, 2.75) is 0 Å². The van der Waals surface area contributed by atoms with Crippen molar-refractivity contribution in [3.8, 4) is 17.0 Å². The molecule has 0 fully saturated rings. The van der Waals surface area contributed by atoms with Gasteiger partial charge in [-0.2, -0.15) is 0 Å². The number of ether oxygens (including phenoxy) is 1. The summed E-state index contributed by atoms with van der Waals surface area (Å²) in [6.07, 6.45) is 1.96. The molecule has 0 bridgehead atoms. The second-order valence-electron chi connectivity index (χ2n) is 3.99. The van der Waals surface area contributed by atoms with E-state index in [1.165, 1.54) is 0 Å². The number of nitrogens with one attached hydrogen (secondary N) is 1. The van der Waals surface area contributed by atoms with Gasteiger partial charge in [-0.1, -0.05) is 6.07 Å². The number of methoxy groups -OCH3 is 1. The molecule has 1 aromatic carbocycles. The molecule has 90 valence electrons. The monoisotopic (exact) mass is 256 g/mol. The van der Waals surface area contributed by atoms with Crippen LogP contribution in [0.1, 0.15) is 0 Å². The third kappa shape index (κ3) is 1.71. The van der Waals surface area contributed by atoms with E-state index in [1.54, 1.807) is 7.11 Å². The highest BCUT2D eigenvalue weighted by atomic mass is 32.1. The molecule has 0 saturated carbocycles. The van der Waals surface area contributed by atoms with Gasteiger partial charge in [0.15, 0.2) is 4.77 Å². The Morgan fingerprint density at radius 2 is 1.89 bits per heavy atom. The van der Waals surface area contributed by atoms with Crippen LogP contribution in [0.3, 0.4) is 0 Å². The Balaban J connectivity index is 2.22. The van der Waals surface area contributed by atoms with Crippen molar-refractivity contribution in [3.05, 3.63) is 53.4 Å². The van der Waals surface area contributed by atoms with Crippen molar-refractivity contribution in [1.82, 2.24) is 9.38 Å². The Hall–Kier alpha value is -2.07. The highest BCUT2D eigenvalue weighted by Gasteiger charge is 2.06. The fourth-order valence-corrected chi connectivity index (χ4v) is 2.29. The van der Waals surface area contributed by atoms with Gasteiger partial charge in [-0.15, -0.1) is 0 Å². The zero-order valence-electron chi connectivity index (χ0n) is 9.88. The molecule has 0 unspecified atom stereocenters. The molecule has 0 aliphatic heterocycles. The molecule has 18 heavy (non-hydrogen) atoms. The average molecular weight is 256 g/mol. The van der Waals surface area contributed by atoms with Gasteiger partial charge in [0.25, 0.3) is 0 Å². The van der Waals surface area contributed by atoms with Crippen LogP contribution >= 0.6 is 12.2 Å². The maximum Gasteiger partial charge on any atom is 0.182 e. The first-order valence-corrected chi connectivity index (χ1v) is 6.04. The lowest BCUT2D eigenvalue weighted by molar-refractivity contribution is 0.415. The van der Waals surface area contributed by atoms with Crippen LogP contribution in [0.4, 0.5) is 0 Å². The number of imidazole rings is 1. The van der Waals surface area contributed by atoms with Crippen LogP contribution in [0.15, 0.2) is 48.7 Å². The van der Waals surface area contributed by atoms with Gasteiger partial charge < -0.3 is 9.72 Å². The number of nitrogens with zero attached hydrogens (tertiary/aromatic N) is 1. The number of hydrogen-bond acceptors (Lipinski definition) is 2. The predicted molar refractivity (Wildman–Crippen MR) is 74.6 cm³/mol. The number of rotatable bonds is 2. The molecule has 2 heterocycles. The minimum atomic E-state index is 0.705. The standard InChI is InChI=1S/C14H12N2OS/c1-17-11-7-5-10(6-8-11)13-12-4-2-3-9-16(12)14(18)15-13/h2-9H,1H3,(H,15,18). The van der Waals surface area contributed by atoms with E-state index in [9.17, 15) is 0 Å². The van der Waals surface area contributed by atoms with E-state index in [-0.39, 0.29) is 0 Å². The summed E-state index contributed by atoms with van der Waals surface area (Å²) in [6, 6.07) is 13.9. The van der Waals surface area contributed by atoms with E-state index < -0.39 is 0 Å². The highest BCUT2D eigenvalue weighted by molar-refractivity contribution is 7.71. The van der Waals surface area contributed by atoms with E-state index in [4.69, 9.17) is 17.0 Å². The molecule has 0 amide bonds. The van der Waals surface area contributed by atoms with Gasteiger partial charge >= 0.3 is 0 Å². The second-order valence-corrected chi connectivity index (χ2v) is 4.38. The Labute approximate surface area is 110 Å². The summed E-state index contributed by atoms with van der Waals surface area (Å²) in [4.78, 5) is 3.24. The molecule has 0 radical (unpaired) electrons. The topological polar surface area (TPSA) is 29.4 Å². The Kier molecular flexibility index (Phi) is 2.64. The van der Waals surface area contributed by atoms with Crippen molar-refractivity contribution < 1.29 is 4.74 Å².